The Balaban J connectivity index is 2.26. The SMILES string of the molecule is CC(C)n1c(C2(CN)CCCC2)nc2ccc(F)cc21. The standard InChI is InChI=1S/C16H22FN3/c1-11(2)20-14-9-12(17)5-6-13(14)19-15(20)16(10-18)7-3-4-8-16/h5-6,9,11H,3-4,7-8,10,18H2,1-2H3. The molecule has 20 heavy (non-hydrogen) atoms. The van der Waals surface area contributed by atoms with Crippen molar-refractivity contribution in [3.05, 3.63) is 29.8 Å². The molecule has 0 radical (unpaired) electrons. The maximum atomic E-state index is 13.6. The van der Waals surface area contributed by atoms with Crippen molar-refractivity contribution in [3.8, 4) is 0 Å². The lowest BCUT2D eigenvalue weighted by atomic mass is 9.85. The zero-order chi connectivity index (χ0) is 14.3. The molecule has 2 N–H and O–H groups in total. The highest BCUT2D eigenvalue weighted by Crippen LogP contribution is 2.41. The summed E-state index contributed by atoms with van der Waals surface area (Å²) < 4.78 is 15.8. The quantitative estimate of drug-likeness (QED) is 0.931. The minimum absolute atomic E-state index is 0.0280. The number of fused-ring (bicyclic) bond motifs is 1. The van der Waals surface area contributed by atoms with Crippen molar-refractivity contribution < 1.29 is 4.39 Å². The second-order valence-electron chi connectivity index (χ2n) is 6.22. The predicted octanol–water partition coefficient (Wildman–Crippen LogP) is 3.53. The molecule has 3 nitrogen and oxygen atoms in total. The van der Waals surface area contributed by atoms with E-state index in [1.54, 1.807) is 12.1 Å². The maximum Gasteiger partial charge on any atom is 0.125 e. The summed E-state index contributed by atoms with van der Waals surface area (Å²) in [6, 6.07) is 5.09. The third-order valence-electron chi connectivity index (χ3n) is 4.59. The zero-order valence-electron chi connectivity index (χ0n) is 12.2. The van der Waals surface area contributed by atoms with Crippen LogP contribution in [-0.2, 0) is 5.41 Å². The first-order valence-corrected chi connectivity index (χ1v) is 7.45. The second-order valence-corrected chi connectivity index (χ2v) is 6.22. The fourth-order valence-corrected chi connectivity index (χ4v) is 3.53. The highest BCUT2D eigenvalue weighted by Gasteiger charge is 2.39. The topological polar surface area (TPSA) is 43.8 Å². The van der Waals surface area contributed by atoms with E-state index < -0.39 is 0 Å². The molecule has 0 atom stereocenters. The number of hydrogen-bond acceptors (Lipinski definition) is 2. The molecule has 1 aliphatic carbocycles. The predicted molar refractivity (Wildman–Crippen MR) is 79.3 cm³/mol. The van der Waals surface area contributed by atoms with Gasteiger partial charge in [0.1, 0.15) is 11.6 Å². The summed E-state index contributed by atoms with van der Waals surface area (Å²) in [7, 11) is 0. The van der Waals surface area contributed by atoms with Gasteiger partial charge in [0.15, 0.2) is 0 Å². The normalized spacial score (nSPS) is 18.2. The average molecular weight is 275 g/mol. The molecular formula is C16H22FN3. The third kappa shape index (κ3) is 1.94. The van der Waals surface area contributed by atoms with E-state index in [2.05, 4.69) is 18.4 Å². The molecule has 0 spiro atoms. The van der Waals surface area contributed by atoms with E-state index in [0.717, 1.165) is 29.7 Å². The average Bonchev–Trinajstić information content (AvgIpc) is 3.02. The Hall–Kier alpha value is -1.42. The molecule has 1 heterocycles. The van der Waals surface area contributed by atoms with Gasteiger partial charge in [0.05, 0.1) is 11.0 Å². The number of nitrogens with zero attached hydrogens (tertiary/aromatic N) is 2. The van der Waals surface area contributed by atoms with Crippen molar-refractivity contribution in [1.82, 2.24) is 9.55 Å². The van der Waals surface area contributed by atoms with E-state index >= 15 is 0 Å². The molecule has 1 aromatic heterocycles. The Morgan fingerprint density at radius 1 is 1.35 bits per heavy atom. The molecule has 3 rings (SSSR count). The van der Waals surface area contributed by atoms with E-state index in [9.17, 15) is 4.39 Å². The molecule has 2 aromatic rings. The van der Waals surface area contributed by atoms with E-state index in [1.165, 1.54) is 18.9 Å². The number of benzene rings is 1. The van der Waals surface area contributed by atoms with Crippen LogP contribution in [0.15, 0.2) is 18.2 Å². The molecule has 0 unspecified atom stereocenters. The Morgan fingerprint density at radius 2 is 2.05 bits per heavy atom. The van der Waals surface area contributed by atoms with Gasteiger partial charge in [0.25, 0.3) is 0 Å². The molecule has 0 saturated heterocycles. The van der Waals surface area contributed by atoms with Gasteiger partial charge in [-0.05, 0) is 44.9 Å². The van der Waals surface area contributed by atoms with Crippen molar-refractivity contribution in [1.29, 1.82) is 0 Å². The van der Waals surface area contributed by atoms with Gasteiger partial charge in [0, 0.05) is 18.0 Å². The van der Waals surface area contributed by atoms with E-state index in [1.807, 2.05) is 0 Å². The number of aromatic nitrogens is 2. The fraction of sp³-hybridized carbons (Fsp3) is 0.562. The maximum absolute atomic E-state index is 13.6. The summed E-state index contributed by atoms with van der Waals surface area (Å²) >= 11 is 0. The Morgan fingerprint density at radius 3 is 2.65 bits per heavy atom. The summed E-state index contributed by atoms with van der Waals surface area (Å²) in [5.41, 5.74) is 7.82. The minimum Gasteiger partial charge on any atom is -0.329 e. The lowest BCUT2D eigenvalue weighted by Crippen LogP contribution is -2.35. The highest BCUT2D eigenvalue weighted by molar-refractivity contribution is 5.76. The number of hydrogen-bond donors (Lipinski definition) is 1. The highest BCUT2D eigenvalue weighted by atomic mass is 19.1. The van der Waals surface area contributed by atoms with Gasteiger partial charge in [-0.3, -0.25) is 0 Å². The van der Waals surface area contributed by atoms with Crippen LogP contribution in [0.3, 0.4) is 0 Å². The van der Waals surface area contributed by atoms with Crippen LogP contribution in [0.25, 0.3) is 11.0 Å². The molecule has 1 aliphatic rings. The monoisotopic (exact) mass is 275 g/mol. The Labute approximate surface area is 119 Å². The molecule has 1 fully saturated rings. The summed E-state index contributed by atoms with van der Waals surface area (Å²) in [5.74, 6) is 0.840. The summed E-state index contributed by atoms with van der Waals surface area (Å²) in [5, 5.41) is 0. The lowest BCUT2D eigenvalue weighted by Gasteiger charge is -2.29. The van der Waals surface area contributed by atoms with Crippen molar-refractivity contribution in [3.63, 3.8) is 0 Å². The number of halogens is 1. The van der Waals surface area contributed by atoms with Crippen LogP contribution in [0.1, 0.15) is 51.4 Å². The molecule has 1 saturated carbocycles. The van der Waals surface area contributed by atoms with E-state index in [-0.39, 0.29) is 17.3 Å². The van der Waals surface area contributed by atoms with Crippen LogP contribution < -0.4 is 5.73 Å². The van der Waals surface area contributed by atoms with Gasteiger partial charge < -0.3 is 10.3 Å². The van der Waals surface area contributed by atoms with Crippen LogP contribution >= 0.6 is 0 Å². The molecular weight excluding hydrogens is 253 g/mol. The van der Waals surface area contributed by atoms with Crippen molar-refractivity contribution in [2.75, 3.05) is 6.54 Å². The van der Waals surface area contributed by atoms with Crippen LogP contribution in [-0.4, -0.2) is 16.1 Å². The van der Waals surface area contributed by atoms with Gasteiger partial charge in [-0.25, -0.2) is 9.37 Å². The van der Waals surface area contributed by atoms with E-state index in [4.69, 9.17) is 10.7 Å². The second kappa shape index (κ2) is 4.85. The number of rotatable bonds is 3. The van der Waals surface area contributed by atoms with Gasteiger partial charge in [0.2, 0.25) is 0 Å². The molecule has 1 aromatic carbocycles. The number of imidazole rings is 1. The summed E-state index contributed by atoms with van der Waals surface area (Å²) in [6.07, 6.45) is 4.57. The van der Waals surface area contributed by atoms with Gasteiger partial charge >= 0.3 is 0 Å². The minimum atomic E-state index is -0.209. The van der Waals surface area contributed by atoms with Crippen LogP contribution in [0, 0.1) is 5.82 Å². The van der Waals surface area contributed by atoms with E-state index in [0.29, 0.717) is 6.54 Å². The molecule has 0 amide bonds. The largest absolute Gasteiger partial charge is 0.329 e. The summed E-state index contributed by atoms with van der Waals surface area (Å²) in [6.45, 7) is 4.86. The Kier molecular flexibility index (Phi) is 3.28. The van der Waals surface area contributed by atoms with Crippen molar-refractivity contribution >= 4 is 11.0 Å². The van der Waals surface area contributed by atoms with Gasteiger partial charge in [-0.15, -0.1) is 0 Å². The zero-order valence-corrected chi connectivity index (χ0v) is 12.2. The van der Waals surface area contributed by atoms with Crippen LogP contribution in [0.5, 0.6) is 0 Å². The van der Waals surface area contributed by atoms with Crippen molar-refractivity contribution in [2.45, 2.75) is 51.0 Å². The first kappa shape index (κ1) is 13.6. The molecule has 0 bridgehead atoms. The summed E-state index contributed by atoms with van der Waals surface area (Å²) in [4.78, 5) is 4.82. The smallest absolute Gasteiger partial charge is 0.125 e. The number of nitrogens with two attached hydrogens (primary N) is 1. The molecule has 108 valence electrons. The van der Waals surface area contributed by atoms with Crippen LogP contribution in [0.2, 0.25) is 0 Å². The lowest BCUT2D eigenvalue weighted by molar-refractivity contribution is 0.393. The third-order valence-corrected chi connectivity index (χ3v) is 4.59. The molecule has 0 aliphatic heterocycles. The first-order valence-electron chi connectivity index (χ1n) is 7.45. The van der Waals surface area contributed by atoms with Gasteiger partial charge in [-0.1, -0.05) is 12.8 Å². The Bertz CT molecular complexity index is 624. The fourth-order valence-electron chi connectivity index (χ4n) is 3.53. The molecule has 4 heteroatoms. The van der Waals surface area contributed by atoms with Crippen LogP contribution in [0.4, 0.5) is 4.39 Å². The van der Waals surface area contributed by atoms with Gasteiger partial charge in [-0.2, -0.15) is 0 Å². The first-order chi connectivity index (χ1) is 9.57. The van der Waals surface area contributed by atoms with Crippen molar-refractivity contribution in [2.24, 2.45) is 5.73 Å².